The third-order valence-electron chi connectivity index (χ3n) is 3.95. The highest BCUT2D eigenvalue weighted by Gasteiger charge is 2.14. The summed E-state index contributed by atoms with van der Waals surface area (Å²) >= 11 is 0. The molecule has 116 valence electrons. The van der Waals surface area contributed by atoms with Crippen molar-refractivity contribution in [3.8, 4) is 12.1 Å². The average molecular weight is 313 g/mol. The third-order valence-corrected chi connectivity index (χ3v) is 3.95. The minimum Gasteiger partial charge on any atom is -0.252 e. The normalized spacial score (nSPS) is 11.4. The molecule has 3 rings (SSSR count). The SMILES string of the molecule is N#Cc1ccc(CC(Cn2cncn2)c2ccc(C#N)cc2)cc1. The number of benzene rings is 2. The van der Waals surface area contributed by atoms with E-state index in [-0.39, 0.29) is 5.92 Å². The van der Waals surface area contributed by atoms with Crippen LogP contribution in [0.5, 0.6) is 0 Å². The van der Waals surface area contributed by atoms with Crippen molar-refractivity contribution < 1.29 is 0 Å². The van der Waals surface area contributed by atoms with Crippen LogP contribution in [0.25, 0.3) is 0 Å². The molecular formula is C19H15N5. The van der Waals surface area contributed by atoms with Gasteiger partial charge in [0.15, 0.2) is 0 Å². The summed E-state index contributed by atoms with van der Waals surface area (Å²) in [5, 5.41) is 22.1. The Bertz CT molecular complexity index is 866. The lowest BCUT2D eigenvalue weighted by Crippen LogP contribution is -2.12. The van der Waals surface area contributed by atoms with Crippen molar-refractivity contribution in [3.63, 3.8) is 0 Å². The van der Waals surface area contributed by atoms with Crippen molar-refractivity contribution in [2.75, 3.05) is 0 Å². The molecule has 1 heterocycles. The maximum absolute atomic E-state index is 8.96. The Morgan fingerprint density at radius 1 is 0.917 bits per heavy atom. The molecule has 5 heteroatoms. The first-order valence-corrected chi connectivity index (χ1v) is 7.60. The van der Waals surface area contributed by atoms with Crippen LogP contribution in [0.4, 0.5) is 0 Å². The Morgan fingerprint density at radius 2 is 1.54 bits per heavy atom. The predicted molar refractivity (Wildman–Crippen MR) is 88.8 cm³/mol. The Kier molecular flexibility index (Phi) is 4.65. The second-order valence-electron chi connectivity index (χ2n) is 5.56. The van der Waals surface area contributed by atoms with E-state index in [9.17, 15) is 0 Å². The zero-order valence-corrected chi connectivity index (χ0v) is 13.0. The summed E-state index contributed by atoms with van der Waals surface area (Å²) in [6.45, 7) is 0.700. The smallest absolute Gasteiger partial charge is 0.137 e. The fraction of sp³-hybridized carbons (Fsp3) is 0.158. The van der Waals surface area contributed by atoms with Gasteiger partial charge in [0.2, 0.25) is 0 Å². The largest absolute Gasteiger partial charge is 0.252 e. The van der Waals surface area contributed by atoms with Crippen molar-refractivity contribution in [1.29, 1.82) is 10.5 Å². The summed E-state index contributed by atoms with van der Waals surface area (Å²) in [4.78, 5) is 4.00. The number of hydrogen-bond donors (Lipinski definition) is 0. The van der Waals surface area contributed by atoms with Crippen molar-refractivity contribution in [3.05, 3.63) is 83.4 Å². The van der Waals surface area contributed by atoms with Crippen LogP contribution in [0, 0.1) is 22.7 Å². The van der Waals surface area contributed by atoms with Crippen molar-refractivity contribution >= 4 is 0 Å². The zero-order valence-electron chi connectivity index (χ0n) is 13.0. The Balaban J connectivity index is 1.85. The molecule has 0 aliphatic heterocycles. The number of nitrogens with zero attached hydrogens (tertiary/aromatic N) is 5. The molecule has 0 N–H and O–H groups in total. The Morgan fingerprint density at radius 3 is 2.08 bits per heavy atom. The van der Waals surface area contributed by atoms with Gasteiger partial charge >= 0.3 is 0 Å². The van der Waals surface area contributed by atoms with Gasteiger partial charge in [-0.3, -0.25) is 4.68 Å². The van der Waals surface area contributed by atoms with E-state index in [2.05, 4.69) is 22.2 Å². The Labute approximate surface area is 140 Å². The van der Waals surface area contributed by atoms with Crippen LogP contribution in [0.3, 0.4) is 0 Å². The predicted octanol–water partition coefficient (Wildman–Crippen LogP) is 3.05. The lowest BCUT2D eigenvalue weighted by molar-refractivity contribution is 0.511. The molecule has 0 aliphatic rings. The van der Waals surface area contributed by atoms with Gasteiger partial charge < -0.3 is 0 Å². The van der Waals surface area contributed by atoms with Gasteiger partial charge in [-0.15, -0.1) is 0 Å². The average Bonchev–Trinajstić information content (AvgIpc) is 3.15. The summed E-state index contributed by atoms with van der Waals surface area (Å²) in [5.74, 6) is 0.201. The van der Waals surface area contributed by atoms with Gasteiger partial charge in [0.25, 0.3) is 0 Å². The molecule has 3 aromatic rings. The van der Waals surface area contributed by atoms with Crippen molar-refractivity contribution in [2.24, 2.45) is 0 Å². The van der Waals surface area contributed by atoms with Crippen LogP contribution in [0.15, 0.2) is 61.2 Å². The zero-order chi connectivity index (χ0) is 16.8. The summed E-state index contributed by atoms with van der Waals surface area (Å²) in [6.07, 6.45) is 4.05. The maximum Gasteiger partial charge on any atom is 0.137 e. The van der Waals surface area contributed by atoms with Crippen molar-refractivity contribution in [1.82, 2.24) is 14.8 Å². The van der Waals surface area contributed by atoms with E-state index in [0.717, 1.165) is 17.5 Å². The summed E-state index contributed by atoms with van der Waals surface area (Å²) in [7, 11) is 0. The summed E-state index contributed by atoms with van der Waals surface area (Å²) in [6, 6.07) is 19.6. The van der Waals surface area contributed by atoms with Gasteiger partial charge in [0.1, 0.15) is 12.7 Å². The fourth-order valence-corrected chi connectivity index (χ4v) is 2.67. The van der Waals surface area contributed by atoms with Crippen LogP contribution < -0.4 is 0 Å². The number of hydrogen-bond acceptors (Lipinski definition) is 4. The van der Waals surface area contributed by atoms with E-state index in [4.69, 9.17) is 10.5 Å². The molecule has 1 atom stereocenters. The van der Waals surface area contributed by atoms with Gasteiger partial charge in [0, 0.05) is 12.5 Å². The van der Waals surface area contributed by atoms with Crippen LogP contribution in [-0.4, -0.2) is 14.8 Å². The Hall–Kier alpha value is -3.44. The molecule has 1 aromatic heterocycles. The van der Waals surface area contributed by atoms with E-state index in [1.807, 2.05) is 53.2 Å². The molecule has 5 nitrogen and oxygen atoms in total. The molecule has 0 saturated heterocycles. The van der Waals surface area contributed by atoms with Gasteiger partial charge in [-0.1, -0.05) is 24.3 Å². The molecule has 24 heavy (non-hydrogen) atoms. The molecule has 0 saturated carbocycles. The van der Waals surface area contributed by atoms with Gasteiger partial charge in [-0.2, -0.15) is 15.6 Å². The van der Waals surface area contributed by atoms with Crippen LogP contribution in [-0.2, 0) is 13.0 Å². The van der Waals surface area contributed by atoms with E-state index in [1.54, 1.807) is 6.33 Å². The van der Waals surface area contributed by atoms with Crippen LogP contribution in [0.1, 0.15) is 28.2 Å². The van der Waals surface area contributed by atoms with Gasteiger partial charge in [-0.25, -0.2) is 4.98 Å². The fourth-order valence-electron chi connectivity index (χ4n) is 2.67. The van der Waals surface area contributed by atoms with Gasteiger partial charge in [0.05, 0.1) is 23.3 Å². The first kappa shape index (κ1) is 15.5. The topological polar surface area (TPSA) is 78.3 Å². The molecule has 2 aromatic carbocycles. The number of rotatable bonds is 5. The van der Waals surface area contributed by atoms with Crippen LogP contribution >= 0.6 is 0 Å². The highest BCUT2D eigenvalue weighted by Crippen LogP contribution is 2.23. The van der Waals surface area contributed by atoms with Gasteiger partial charge in [-0.05, 0) is 41.8 Å². The molecular weight excluding hydrogens is 298 g/mol. The van der Waals surface area contributed by atoms with E-state index < -0.39 is 0 Å². The second-order valence-corrected chi connectivity index (χ2v) is 5.56. The molecule has 1 unspecified atom stereocenters. The molecule has 0 radical (unpaired) electrons. The molecule has 0 fully saturated rings. The minimum atomic E-state index is 0.201. The number of aromatic nitrogens is 3. The third kappa shape index (κ3) is 3.66. The van der Waals surface area contributed by atoms with Crippen LogP contribution in [0.2, 0.25) is 0 Å². The van der Waals surface area contributed by atoms with E-state index in [1.165, 1.54) is 6.33 Å². The first-order chi connectivity index (χ1) is 11.8. The summed E-state index contributed by atoms with van der Waals surface area (Å²) < 4.78 is 1.81. The highest BCUT2D eigenvalue weighted by atomic mass is 15.3. The minimum absolute atomic E-state index is 0.201. The highest BCUT2D eigenvalue weighted by molar-refractivity contribution is 5.35. The lowest BCUT2D eigenvalue weighted by Gasteiger charge is -2.17. The monoisotopic (exact) mass is 313 g/mol. The quantitative estimate of drug-likeness (QED) is 0.725. The van der Waals surface area contributed by atoms with E-state index >= 15 is 0 Å². The van der Waals surface area contributed by atoms with Crippen molar-refractivity contribution in [2.45, 2.75) is 18.9 Å². The molecule has 0 spiro atoms. The lowest BCUT2D eigenvalue weighted by atomic mass is 9.91. The molecule has 0 amide bonds. The summed E-state index contributed by atoms with van der Waals surface area (Å²) in [5.41, 5.74) is 3.61. The standard InChI is InChI=1S/C19H15N5/c20-10-16-3-1-15(2-4-16)9-19(12-24-14-22-13-23-24)18-7-5-17(11-21)6-8-18/h1-8,13-14,19H,9,12H2. The van der Waals surface area contributed by atoms with E-state index in [0.29, 0.717) is 17.7 Å². The number of nitriles is 2. The maximum atomic E-state index is 8.96. The first-order valence-electron chi connectivity index (χ1n) is 7.60. The molecule has 0 bridgehead atoms. The second kappa shape index (κ2) is 7.21. The molecule has 0 aliphatic carbocycles.